The lowest BCUT2D eigenvalue weighted by molar-refractivity contribution is -0.120. The monoisotopic (exact) mass is 409 g/mol. The normalized spacial score (nSPS) is 19.7. The summed E-state index contributed by atoms with van der Waals surface area (Å²) in [7, 11) is 0. The average Bonchev–Trinajstić information content (AvgIpc) is 3.51. The van der Waals surface area contributed by atoms with Crippen LogP contribution in [0.25, 0.3) is 22.6 Å². The lowest BCUT2D eigenvalue weighted by Crippen LogP contribution is -2.39. The number of oxazole rings is 1. The zero-order chi connectivity index (χ0) is 21.0. The van der Waals surface area contributed by atoms with Gasteiger partial charge in [-0.2, -0.15) is 0 Å². The Hall–Kier alpha value is -3.93. The van der Waals surface area contributed by atoms with Crippen molar-refractivity contribution in [2.24, 2.45) is 0 Å². The van der Waals surface area contributed by atoms with Crippen LogP contribution in [0.15, 0.2) is 77.2 Å². The molecular weight excluding hydrogens is 390 g/mol. The van der Waals surface area contributed by atoms with Gasteiger partial charge in [-0.05, 0) is 48.4 Å². The van der Waals surface area contributed by atoms with Crippen LogP contribution in [0.5, 0.6) is 0 Å². The average molecular weight is 409 g/mol. The second-order valence-electron chi connectivity index (χ2n) is 8.13. The molecule has 2 aliphatic heterocycles. The smallest absolute Gasteiger partial charge is 0.254 e. The Balaban J connectivity index is 1.30. The number of para-hydroxylation sites is 1. The van der Waals surface area contributed by atoms with E-state index in [2.05, 4.69) is 10.3 Å². The molecule has 6 nitrogen and oxygen atoms in total. The van der Waals surface area contributed by atoms with Gasteiger partial charge < -0.3 is 14.6 Å². The van der Waals surface area contributed by atoms with Gasteiger partial charge in [-0.25, -0.2) is 4.98 Å². The molecule has 0 saturated carbocycles. The summed E-state index contributed by atoms with van der Waals surface area (Å²) >= 11 is 0. The van der Waals surface area contributed by atoms with Crippen molar-refractivity contribution in [1.29, 1.82) is 0 Å². The number of benzene rings is 3. The number of anilines is 1. The van der Waals surface area contributed by atoms with E-state index in [0.717, 1.165) is 16.8 Å². The van der Waals surface area contributed by atoms with Crippen molar-refractivity contribution in [2.45, 2.75) is 11.8 Å². The zero-order valence-electron chi connectivity index (χ0n) is 16.7. The van der Waals surface area contributed by atoms with E-state index < -0.39 is 5.41 Å². The number of hydrogen-bond acceptors (Lipinski definition) is 4. The lowest BCUT2D eigenvalue weighted by atomic mass is 9.81. The van der Waals surface area contributed by atoms with Gasteiger partial charge in [0.15, 0.2) is 5.58 Å². The highest BCUT2D eigenvalue weighted by Gasteiger charge is 2.52. The van der Waals surface area contributed by atoms with Crippen molar-refractivity contribution in [1.82, 2.24) is 9.88 Å². The highest BCUT2D eigenvalue weighted by Crippen LogP contribution is 2.44. The Morgan fingerprint density at radius 2 is 1.84 bits per heavy atom. The van der Waals surface area contributed by atoms with Gasteiger partial charge in [-0.1, -0.05) is 36.4 Å². The molecule has 1 spiro atoms. The van der Waals surface area contributed by atoms with Crippen LogP contribution >= 0.6 is 0 Å². The molecular formula is C25H19N3O3. The summed E-state index contributed by atoms with van der Waals surface area (Å²) in [4.78, 5) is 32.3. The molecule has 1 unspecified atom stereocenters. The first-order valence-electron chi connectivity index (χ1n) is 10.3. The maximum atomic E-state index is 13.3. The third-order valence-corrected chi connectivity index (χ3v) is 6.34. The lowest BCUT2D eigenvalue weighted by Gasteiger charge is -2.22. The molecule has 6 rings (SSSR count). The van der Waals surface area contributed by atoms with E-state index in [-0.39, 0.29) is 11.8 Å². The Morgan fingerprint density at radius 3 is 2.71 bits per heavy atom. The van der Waals surface area contributed by atoms with Crippen molar-refractivity contribution in [3.05, 3.63) is 83.9 Å². The summed E-state index contributed by atoms with van der Waals surface area (Å²) in [5.41, 5.74) is 3.86. The zero-order valence-corrected chi connectivity index (χ0v) is 16.7. The molecule has 1 saturated heterocycles. The number of fused-ring (bicyclic) bond motifs is 3. The second kappa shape index (κ2) is 6.54. The highest BCUT2D eigenvalue weighted by atomic mass is 16.3. The Morgan fingerprint density at radius 1 is 1.03 bits per heavy atom. The quantitative estimate of drug-likeness (QED) is 0.538. The van der Waals surface area contributed by atoms with Crippen LogP contribution in [-0.2, 0) is 10.2 Å². The van der Waals surface area contributed by atoms with E-state index in [1.807, 2.05) is 60.7 Å². The van der Waals surface area contributed by atoms with Gasteiger partial charge in [-0.15, -0.1) is 0 Å². The van der Waals surface area contributed by atoms with Crippen LogP contribution in [0.1, 0.15) is 22.3 Å². The van der Waals surface area contributed by atoms with Gasteiger partial charge >= 0.3 is 0 Å². The predicted molar refractivity (Wildman–Crippen MR) is 117 cm³/mol. The van der Waals surface area contributed by atoms with Gasteiger partial charge in [0.2, 0.25) is 11.8 Å². The molecule has 31 heavy (non-hydrogen) atoms. The SMILES string of the molecule is O=C(c1ccc2nc(-c3ccccc3)oc2c1)N1CCC2(C1)C(=O)Nc1ccccc12. The first kappa shape index (κ1) is 17.9. The fraction of sp³-hybridized carbons (Fsp3) is 0.160. The molecule has 0 aliphatic carbocycles. The van der Waals surface area contributed by atoms with Crippen molar-refractivity contribution < 1.29 is 14.0 Å². The van der Waals surface area contributed by atoms with Gasteiger partial charge in [0.25, 0.3) is 5.91 Å². The van der Waals surface area contributed by atoms with E-state index in [1.54, 1.807) is 17.0 Å². The van der Waals surface area contributed by atoms with Crippen molar-refractivity contribution in [3.63, 3.8) is 0 Å². The minimum Gasteiger partial charge on any atom is -0.436 e. The molecule has 152 valence electrons. The maximum Gasteiger partial charge on any atom is 0.254 e. The molecule has 3 aromatic carbocycles. The number of nitrogens with one attached hydrogen (secondary N) is 1. The third-order valence-electron chi connectivity index (χ3n) is 6.34. The number of carbonyl (C=O) groups excluding carboxylic acids is 2. The van der Waals surface area contributed by atoms with Crippen LogP contribution in [0.2, 0.25) is 0 Å². The van der Waals surface area contributed by atoms with E-state index in [4.69, 9.17) is 4.42 Å². The second-order valence-corrected chi connectivity index (χ2v) is 8.13. The summed E-state index contributed by atoms with van der Waals surface area (Å²) < 4.78 is 5.92. The Labute approximate surface area is 178 Å². The van der Waals surface area contributed by atoms with Crippen molar-refractivity contribution in [3.8, 4) is 11.5 Å². The Kier molecular flexibility index (Phi) is 3.77. The number of amides is 2. The maximum absolute atomic E-state index is 13.3. The van der Waals surface area contributed by atoms with Crippen LogP contribution < -0.4 is 5.32 Å². The minimum atomic E-state index is -0.664. The summed E-state index contributed by atoms with van der Waals surface area (Å²) in [6.07, 6.45) is 0.615. The predicted octanol–water partition coefficient (Wildman–Crippen LogP) is 4.23. The molecule has 1 fully saturated rings. The molecule has 2 aliphatic rings. The molecule has 1 aromatic heterocycles. The van der Waals surface area contributed by atoms with Gasteiger partial charge in [0.05, 0.1) is 5.41 Å². The third kappa shape index (κ3) is 2.68. The van der Waals surface area contributed by atoms with E-state index in [0.29, 0.717) is 42.1 Å². The molecule has 0 bridgehead atoms. The first-order valence-corrected chi connectivity index (χ1v) is 10.3. The largest absolute Gasteiger partial charge is 0.436 e. The van der Waals surface area contributed by atoms with Crippen LogP contribution in [-0.4, -0.2) is 34.8 Å². The summed E-state index contributed by atoms with van der Waals surface area (Å²) in [5.74, 6) is 0.398. The molecule has 4 aromatic rings. The minimum absolute atomic E-state index is 0.0258. The molecule has 1 N–H and O–H groups in total. The van der Waals surface area contributed by atoms with Gasteiger partial charge in [0, 0.05) is 29.9 Å². The molecule has 1 atom stereocenters. The van der Waals surface area contributed by atoms with Crippen LogP contribution in [0, 0.1) is 0 Å². The van der Waals surface area contributed by atoms with E-state index >= 15 is 0 Å². The van der Waals surface area contributed by atoms with E-state index in [9.17, 15) is 9.59 Å². The van der Waals surface area contributed by atoms with Crippen LogP contribution in [0.4, 0.5) is 5.69 Å². The van der Waals surface area contributed by atoms with Crippen LogP contribution in [0.3, 0.4) is 0 Å². The van der Waals surface area contributed by atoms with Gasteiger partial charge in [0.1, 0.15) is 5.52 Å². The molecule has 2 amide bonds. The molecule has 3 heterocycles. The first-order chi connectivity index (χ1) is 15.1. The van der Waals surface area contributed by atoms with Crippen molar-refractivity contribution >= 4 is 28.6 Å². The number of nitrogens with zero attached hydrogens (tertiary/aromatic N) is 2. The summed E-state index contributed by atoms with van der Waals surface area (Å²) in [6.45, 7) is 0.905. The topological polar surface area (TPSA) is 75.4 Å². The number of rotatable bonds is 2. The fourth-order valence-electron chi connectivity index (χ4n) is 4.71. The van der Waals surface area contributed by atoms with Gasteiger partial charge in [-0.3, -0.25) is 9.59 Å². The number of carbonyl (C=O) groups is 2. The summed E-state index contributed by atoms with van der Waals surface area (Å²) in [5, 5.41) is 2.97. The number of aromatic nitrogens is 1. The number of likely N-dealkylation sites (tertiary alicyclic amines) is 1. The van der Waals surface area contributed by atoms with E-state index in [1.165, 1.54) is 0 Å². The fourth-order valence-corrected chi connectivity index (χ4v) is 4.71. The molecule has 6 heteroatoms. The standard InChI is InChI=1S/C25H19N3O3/c29-23(28-13-12-25(15-28)18-8-4-5-9-19(18)27-24(25)30)17-10-11-20-21(14-17)31-22(26-20)16-6-2-1-3-7-16/h1-11,14H,12-13,15H2,(H,27,30). The van der Waals surface area contributed by atoms with Crippen molar-refractivity contribution in [2.75, 3.05) is 18.4 Å². The number of hydrogen-bond donors (Lipinski definition) is 1. The molecule has 0 radical (unpaired) electrons. The Bertz CT molecular complexity index is 1340. The highest BCUT2D eigenvalue weighted by molar-refractivity contribution is 6.07. The summed E-state index contributed by atoms with van der Waals surface area (Å²) in [6, 6.07) is 22.7.